The third-order valence-electron chi connectivity index (χ3n) is 2.53. The van der Waals surface area contributed by atoms with Crippen LogP contribution in [-0.2, 0) is 7.05 Å². The van der Waals surface area contributed by atoms with Crippen molar-refractivity contribution >= 4 is 16.6 Å². The van der Waals surface area contributed by atoms with Gasteiger partial charge < -0.3 is 9.32 Å². The van der Waals surface area contributed by atoms with Gasteiger partial charge in [0.15, 0.2) is 0 Å². The predicted octanol–water partition coefficient (Wildman–Crippen LogP) is 0.558. The normalized spacial score (nSPS) is 10.7. The molecule has 0 saturated carbocycles. The summed E-state index contributed by atoms with van der Waals surface area (Å²) in [5, 5.41) is 0.410. The van der Waals surface area contributed by atoms with Gasteiger partial charge in [-0.2, -0.15) is 0 Å². The van der Waals surface area contributed by atoms with Crippen LogP contribution in [0.4, 0.5) is 5.69 Å². The number of rotatable bonds is 1. The SMILES string of the molecule is CN(C)c1ccc2c(c1)c(=O)oc(=O)n2C. The van der Waals surface area contributed by atoms with Gasteiger partial charge in [-0.3, -0.25) is 4.57 Å². The number of hydrogen-bond donors (Lipinski definition) is 0. The highest BCUT2D eigenvalue weighted by molar-refractivity contribution is 5.81. The van der Waals surface area contributed by atoms with E-state index in [1.165, 1.54) is 4.57 Å². The highest BCUT2D eigenvalue weighted by Crippen LogP contribution is 2.16. The summed E-state index contributed by atoms with van der Waals surface area (Å²) in [7, 11) is 5.33. The predicted molar refractivity (Wildman–Crippen MR) is 62.1 cm³/mol. The lowest BCUT2D eigenvalue weighted by atomic mass is 10.2. The molecule has 5 nitrogen and oxygen atoms in total. The molecular formula is C11H12N2O3. The molecule has 0 aliphatic heterocycles. The Morgan fingerprint density at radius 1 is 1.25 bits per heavy atom. The fourth-order valence-electron chi connectivity index (χ4n) is 1.56. The van der Waals surface area contributed by atoms with Crippen LogP contribution in [0.15, 0.2) is 32.2 Å². The second-order valence-corrected chi connectivity index (χ2v) is 3.81. The van der Waals surface area contributed by atoms with Crippen LogP contribution in [0.5, 0.6) is 0 Å². The van der Waals surface area contributed by atoms with Crippen LogP contribution in [0.3, 0.4) is 0 Å². The Morgan fingerprint density at radius 2 is 1.94 bits per heavy atom. The van der Waals surface area contributed by atoms with E-state index in [-0.39, 0.29) is 0 Å². The van der Waals surface area contributed by atoms with Gasteiger partial charge in [0.2, 0.25) is 0 Å². The molecule has 0 bridgehead atoms. The van der Waals surface area contributed by atoms with Crippen LogP contribution in [0.1, 0.15) is 0 Å². The molecule has 0 unspecified atom stereocenters. The van der Waals surface area contributed by atoms with Gasteiger partial charge in [-0.15, -0.1) is 0 Å². The third kappa shape index (κ3) is 1.50. The lowest BCUT2D eigenvalue weighted by Gasteiger charge is -2.13. The van der Waals surface area contributed by atoms with E-state index < -0.39 is 11.4 Å². The minimum absolute atomic E-state index is 0.410. The molecule has 0 saturated heterocycles. The van der Waals surface area contributed by atoms with E-state index in [2.05, 4.69) is 4.42 Å². The van der Waals surface area contributed by atoms with Crippen LogP contribution >= 0.6 is 0 Å². The molecule has 2 rings (SSSR count). The van der Waals surface area contributed by atoms with Crippen molar-refractivity contribution in [3.63, 3.8) is 0 Å². The number of anilines is 1. The lowest BCUT2D eigenvalue weighted by molar-refractivity contribution is 0.433. The monoisotopic (exact) mass is 220 g/mol. The quantitative estimate of drug-likeness (QED) is 0.704. The average Bonchev–Trinajstić information content (AvgIpc) is 2.25. The summed E-state index contributed by atoms with van der Waals surface area (Å²) < 4.78 is 5.90. The van der Waals surface area contributed by atoms with E-state index >= 15 is 0 Å². The van der Waals surface area contributed by atoms with E-state index in [4.69, 9.17) is 0 Å². The van der Waals surface area contributed by atoms with Crippen molar-refractivity contribution in [3.8, 4) is 0 Å². The van der Waals surface area contributed by atoms with Crippen molar-refractivity contribution < 1.29 is 4.42 Å². The molecule has 5 heteroatoms. The summed E-state index contributed by atoms with van der Waals surface area (Å²) in [5.41, 5.74) is 0.868. The molecule has 1 aromatic carbocycles. The summed E-state index contributed by atoms with van der Waals surface area (Å²) in [5.74, 6) is -0.643. The van der Waals surface area contributed by atoms with Crippen molar-refractivity contribution in [3.05, 3.63) is 39.2 Å². The zero-order valence-electron chi connectivity index (χ0n) is 9.35. The van der Waals surface area contributed by atoms with Gasteiger partial charge in [0.1, 0.15) is 0 Å². The summed E-state index contributed by atoms with van der Waals surface area (Å²) in [4.78, 5) is 24.7. The van der Waals surface area contributed by atoms with Gasteiger partial charge in [0, 0.05) is 26.8 Å². The van der Waals surface area contributed by atoms with Crippen molar-refractivity contribution in [2.45, 2.75) is 0 Å². The molecule has 0 atom stereocenters. The van der Waals surface area contributed by atoms with Gasteiger partial charge in [-0.1, -0.05) is 0 Å². The maximum absolute atomic E-state index is 11.5. The largest absolute Gasteiger partial charge is 0.422 e. The zero-order chi connectivity index (χ0) is 11.9. The fourth-order valence-corrected chi connectivity index (χ4v) is 1.56. The second-order valence-electron chi connectivity index (χ2n) is 3.81. The van der Waals surface area contributed by atoms with Gasteiger partial charge in [0.25, 0.3) is 0 Å². The number of aryl methyl sites for hydroxylation is 1. The molecule has 84 valence electrons. The first kappa shape index (κ1) is 10.5. The Hall–Kier alpha value is -2.04. The van der Waals surface area contributed by atoms with Crippen molar-refractivity contribution in [2.75, 3.05) is 19.0 Å². The maximum atomic E-state index is 11.5. The number of nitrogens with zero attached hydrogens (tertiary/aromatic N) is 2. The first-order chi connectivity index (χ1) is 7.50. The summed E-state index contributed by atoms with van der Waals surface area (Å²) in [6, 6.07) is 5.30. The summed E-state index contributed by atoms with van der Waals surface area (Å²) in [6.07, 6.45) is 0. The topological polar surface area (TPSA) is 55.5 Å². The van der Waals surface area contributed by atoms with Crippen LogP contribution in [-0.4, -0.2) is 18.7 Å². The highest BCUT2D eigenvalue weighted by atomic mass is 16.4. The standard InChI is InChI=1S/C11H12N2O3/c1-12(2)7-4-5-9-8(6-7)10(14)16-11(15)13(9)3/h4-6H,1-3H3. The lowest BCUT2D eigenvalue weighted by Crippen LogP contribution is -2.22. The Balaban J connectivity index is 2.90. The number of aromatic nitrogens is 1. The molecule has 0 radical (unpaired) electrons. The van der Waals surface area contributed by atoms with Crippen molar-refractivity contribution in [2.24, 2.45) is 7.05 Å². The molecule has 0 fully saturated rings. The summed E-state index contributed by atoms with van der Waals surface area (Å²) >= 11 is 0. The smallest absolute Gasteiger partial charge is 0.378 e. The number of hydrogen-bond acceptors (Lipinski definition) is 4. The molecule has 0 amide bonds. The zero-order valence-corrected chi connectivity index (χ0v) is 9.35. The van der Waals surface area contributed by atoms with Gasteiger partial charge >= 0.3 is 11.4 Å². The van der Waals surface area contributed by atoms with E-state index in [9.17, 15) is 9.59 Å². The first-order valence-corrected chi connectivity index (χ1v) is 4.82. The number of benzene rings is 1. The van der Waals surface area contributed by atoms with Crippen LogP contribution in [0, 0.1) is 0 Å². The van der Waals surface area contributed by atoms with E-state index in [0.717, 1.165) is 5.69 Å². The van der Waals surface area contributed by atoms with E-state index in [0.29, 0.717) is 10.9 Å². The van der Waals surface area contributed by atoms with Crippen LogP contribution < -0.4 is 16.3 Å². The molecule has 1 aromatic heterocycles. The molecule has 0 aliphatic rings. The minimum atomic E-state index is -0.643. The molecule has 0 N–H and O–H groups in total. The van der Waals surface area contributed by atoms with Gasteiger partial charge in [0.05, 0.1) is 10.9 Å². The van der Waals surface area contributed by atoms with E-state index in [1.54, 1.807) is 19.2 Å². The Bertz CT molecular complexity index is 652. The highest BCUT2D eigenvalue weighted by Gasteiger charge is 2.07. The minimum Gasteiger partial charge on any atom is -0.378 e. The van der Waals surface area contributed by atoms with Gasteiger partial charge in [-0.25, -0.2) is 9.59 Å². The maximum Gasteiger partial charge on any atom is 0.422 e. The van der Waals surface area contributed by atoms with E-state index in [1.807, 2.05) is 25.1 Å². The molecular weight excluding hydrogens is 208 g/mol. The Labute approximate surface area is 91.5 Å². The Morgan fingerprint density at radius 3 is 2.56 bits per heavy atom. The van der Waals surface area contributed by atoms with Gasteiger partial charge in [-0.05, 0) is 18.2 Å². The third-order valence-corrected chi connectivity index (χ3v) is 2.53. The van der Waals surface area contributed by atoms with Crippen molar-refractivity contribution in [1.82, 2.24) is 4.57 Å². The number of fused-ring (bicyclic) bond motifs is 1. The molecule has 16 heavy (non-hydrogen) atoms. The Kier molecular flexibility index (Phi) is 2.30. The average molecular weight is 220 g/mol. The fraction of sp³-hybridized carbons (Fsp3) is 0.273. The molecule has 0 spiro atoms. The van der Waals surface area contributed by atoms with Crippen LogP contribution in [0.25, 0.3) is 10.9 Å². The van der Waals surface area contributed by atoms with Crippen LogP contribution in [0.2, 0.25) is 0 Å². The second kappa shape index (κ2) is 3.52. The first-order valence-electron chi connectivity index (χ1n) is 4.82. The molecule has 2 aromatic rings. The molecule has 1 heterocycles. The molecule has 0 aliphatic carbocycles. The van der Waals surface area contributed by atoms with Crippen molar-refractivity contribution in [1.29, 1.82) is 0 Å². The summed E-state index contributed by atoms with van der Waals surface area (Å²) in [6.45, 7) is 0.